The predicted molar refractivity (Wildman–Crippen MR) is 220 cm³/mol. The van der Waals surface area contributed by atoms with Gasteiger partial charge in [-0.25, -0.2) is 15.0 Å². The molecule has 0 N–H and O–H groups in total. The molecule has 4 nitrogen and oxygen atoms in total. The van der Waals surface area contributed by atoms with Crippen LogP contribution in [-0.4, -0.2) is 19.5 Å². The van der Waals surface area contributed by atoms with E-state index < -0.39 is 0 Å². The van der Waals surface area contributed by atoms with Crippen LogP contribution in [0.4, 0.5) is 0 Å². The summed E-state index contributed by atoms with van der Waals surface area (Å²) in [6.07, 6.45) is 0. The van der Waals surface area contributed by atoms with Crippen LogP contribution < -0.4 is 0 Å². The zero-order valence-electron chi connectivity index (χ0n) is 28.6. The molecule has 0 aliphatic heterocycles. The number of para-hydroxylation sites is 1. The van der Waals surface area contributed by atoms with Crippen LogP contribution in [0.5, 0.6) is 0 Å². The van der Waals surface area contributed by atoms with Gasteiger partial charge in [0, 0.05) is 33.2 Å². The minimum absolute atomic E-state index is 0.638. The van der Waals surface area contributed by atoms with Crippen molar-refractivity contribution < 1.29 is 0 Å². The molecule has 0 aliphatic rings. The molecular weight excluding hydrogens is 645 g/mol. The molecule has 0 saturated carbocycles. The summed E-state index contributed by atoms with van der Waals surface area (Å²) in [7, 11) is 0. The van der Waals surface area contributed by atoms with Crippen molar-refractivity contribution in [2.24, 2.45) is 0 Å². The Morgan fingerprint density at radius 1 is 0.302 bits per heavy atom. The van der Waals surface area contributed by atoms with E-state index in [0.717, 1.165) is 27.8 Å². The van der Waals surface area contributed by atoms with Crippen LogP contribution in [0.3, 0.4) is 0 Å². The van der Waals surface area contributed by atoms with E-state index in [2.05, 4.69) is 168 Å². The molecule has 0 spiro atoms. The second kappa shape index (κ2) is 11.7. The molecule has 11 aromatic rings. The second-order valence-corrected chi connectivity index (χ2v) is 13.6. The van der Waals surface area contributed by atoms with Crippen molar-refractivity contribution in [2.75, 3.05) is 0 Å². The maximum Gasteiger partial charge on any atom is 0.164 e. The molecule has 0 atom stereocenters. The van der Waals surface area contributed by atoms with Gasteiger partial charge in [0.15, 0.2) is 17.5 Å². The number of fused-ring (bicyclic) bond motifs is 10. The zero-order chi connectivity index (χ0) is 34.9. The van der Waals surface area contributed by atoms with Crippen LogP contribution in [0.1, 0.15) is 0 Å². The summed E-state index contributed by atoms with van der Waals surface area (Å²) in [4.78, 5) is 15.2. The van der Waals surface area contributed by atoms with Crippen molar-refractivity contribution in [2.45, 2.75) is 0 Å². The second-order valence-electron chi connectivity index (χ2n) is 13.6. The Bertz CT molecular complexity index is 3220. The third-order valence-corrected chi connectivity index (χ3v) is 10.6. The Morgan fingerprint density at radius 3 is 1.57 bits per heavy atom. The molecule has 0 bridgehead atoms. The summed E-state index contributed by atoms with van der Waals surface area (Å²) >= 11 is 0. The van der Waals surface area contributed by atoms with E-state index in [1.807, 2.05) is 18.2 Å². The quantitative estimate of drug-likeness (QED) is 0.175. The molecule has 246 valence electrons. The molecule has 0 amide bonds. The largest absolute Gasteiger partial charge is 0.309 e. The van der Waals surface area contributed by atoms with E-state index in [-0.39, 0.29) is 0 Å². The number of benzene rings is 9. The third kappa shape index (κ3) is 4.73. The monoisotopic (exact) mass is 674 g/mol. The zero-order valence-corrected chi connectivity index (χ0v) is 28.6. The van der Waals surface area contributed by atoms with Gasteiger partial charge in [-0.05, 0) is 85.6 Å². The SMILES string of the molecule is c1ccc(-c2nc(-c3ccc(-n4c5ccccc5c5c6ccccc6ccc54)cc3)nc(-c3ccc4c(ccc5c6ccccc6ccc45)c3)n2)cc1. The predicted octanol–water partition coefficient (Wildman–Crippen LogP) is 12.6. The Morgan fingerprint density at radius 2 is 0.811 bits per heavy atom. The van der Waals surface area contributed by atoms with Gasteiger partial charge in [-0.2, -0.15) is 0 Å². The smallest absolute Gasteiger partial charge is 0.164 e. The van der Waals surface area contributed by atoms with Crippen molar-refractivity contribution in [3.63, 3.8) is 0 Å². The maximum atomic E-state index is 5.11. The molecule has 0 unspecified atom stereocenters. The first-order valence-electron chi connectivity index (χ1n) is 17.9. The first-order valence-corrected chi connectivity index (χ1v) is 17.9. The number of aromatic nitrogens is 4. The van der Waals surface area contributed by atoms with E-state index in [1.165, 1.54) is 59.5 Å². The summed E-state index contributed by atoms with van der Waals surface area (Å²) in [6, 6.07) is 64.5. The fourth-order valence-electron chi connectivity index (χ4n) is 8.10. The molecule has 9 aromatic carbocycles. The minimum Gasteiger partial charge on any atom is -0.309 e. The average Bonchev–Trinajstić information content (AvgIpc) is 3.58. The van der Waals surface area contributed by atoms with Gasteiger partial charge in [-0.3, -0.25) is 0 Å². The van der Waals surface area contributed by atoms with Crippen LogP contribution in [-0.2, 0) is 0 Å². The lowest BCUT2D eigenvalue weighted by Crippen LogP contribution is -2.00. The van der Waals surface area contributed by atoms with Gasteiger partial charge >= 0.3 is 0 Å². The summed E-state index contributed by atoms with van der Waals surface area (Å²) in [5, 5.41) is 12.4. The van der Waals surface area contributed by atoms with Gasteiger partial charge in [0.05, 0.1) is 11.0 Å². The molecule has 0 fully saturated rings. The maximum absolute atomic E-state index is 5.11. The van der Waals surface area contributed by atoms with Gasteiger partial charge in [-0.1, -0.05) is 140 Å². The first kappa shape index (κ1) is 29.5. The van der Waals surface area contributed by atoms with Crippen LogP contribution in [0.15, 0.2) is 182 Å². The normalized spacial score (nSPS) is 11.8. The standard InChI is InChI=1S/C49H30N4/c1-2-12-33(13-3-1)47-50-48(52-49(51-47)36-22-26-39-35(30-36)21-28-41-38-14-6-4-10-31(38)20-27-42(39)41)34-18-24-37(25-19-34)53-44-17-9-8-16-43(44)46-40-15-7-5-11-32(40)23-29-45(46)53/h1-30H. The Labute approximate surface area is 305 Å². The number of nitrogens with zero attached hydrogens (tertiary/aromatic N) is 4. The highest BCUT2D eigenvalue weighted by Crippen LogP contribution is 2.38. The fourth-order valence-corrected chi connectivity index (χ4v) is 8.10. The van der Waals surface area contributed by atoms with Gasteiger partial charge in [0.1, 0.15) is 0 Å². The lowest BCUT2D eigenvalue weighted by molar-refractivity contribution is 1.07. The van der Waals surface area contributed by atoms with Gasteiger partial charge < -0.3 is 4.57 Å². The van der Waals surface area contributed by atoms with Crippen molar-refractivity contribution in [3.05, 3.63) is 182 Å². The number of hydrogen-bond acceptors (Lipinski definition) is 3. The number of rotatable bonds is 4. The first-order chi connectivity index (χ1) is 26.3. The van der Waals surface area contributed by atoms with Crippen LogP contribution in [0.25, 0.3) is 105 Å². The molecular formula is C49H30N4. The van der Waals surface area contributed by atoms with Crippen molar-refractivity contribution in [1.29, 1.82) is 0 Å². The lowest BCUT2D eigenvalue weighted by Gasteiger charge is -2.12. The molecule has 0 radical (unpaired) electrons. The van der Waals surface area contributed by atoms with Crippen molar-refractivity contribution >= 4 is 64.9 Å². The molecule has 2 heterocycles. The van der Waals surface area contributed by atoms with Crippen LogP contribution >= 0.6 is 0 Å². The molecule has 2 aromatic heterocycles. The topological polar surface area (TPSA) is 43.6 Å². The van der Waals surface area contributed by atoms with Crippen LogP contribution in [0, 0.1) is 0 Å². The number of hydrogen-bond donors (Lipinski definition) is 0. The highest BCUT2D eigenvalue weighted by atomic mass is 15.0. The summed E-state index contributed by atoms with van der Waals surface area (Å²) in [5.74, 6) is 1.93. The summed E-state index contributed by atoms with van der Waals surface area (Å²) < 4.78 is 2.36. The highest BCUT2D eigenvalue weighted by molar-refractivity contribution is 6.21. The molecule has 11 rings (SSSR count). The molecule has 4 heteroatoms. The molecule has 0 aliphatic carbocycles. The highest BCUT2D eigenvalue weighted by Gasteiger charge is 2.17. The molecule has 0 saturated heterocycles. The van der Waals surface area contributed by atoms with E-state index in [1.54, 1.807) is 0 Å². The van der Waals surface area contributed by atoms with Crippen molar-refractivity contribution in [3.8, 4) is 39.9 Å². The Balaban J connectivity index is 1.04. The van der Waals surface area contributed by atoms with Crippen molar-refractivity contribution in [1.82, 2.24) is 19.5 Å². The summed E-state index contributed by atoms with van der Waals surface area (Å²) in [6.45, 7) is 0. The average molecular weight is 675 g/mol. The van der Waals surface area contributed by atoms with E-state index >= 15 is 0 Å². The van der Waals surface area contributed by atoms with E-state index in [0.29, 0.717) is 17.5 Å². The fraction of sp³-hybridized carbons (Fsp3) is 0. The Hall–Kier alpha value is -7.17. The van der Waals surface area contributed by atoms with E-state index in [9.17, 15) is 0 Å². The summed E-state index contributed by atoms with van der Waals surface area (Å²) in [5.41, 5.74) is 6.28. The van der Waals surface area contributed by atoms with Gasteiger partial charge in [0.25, 0.3) is 0 Å². The van der Waals surface area contributed by atoms with E-state index in [4.69, 9.17) is 15.0 Å². The van der Waals surface area contributed by atoms with Crippen LogP contribution in [0.2, 0.25) is 0 Å². The minimum atomic E-state index is 0.638. The Kier molecular flexibility index (Phi) is 6.52. The lowest BCUT2D eigenvalue weighted by atomic mass is 9.96. The van der Waals surface area contributed by atoms with Gasteiger partial charge in [-0.15, -0.1) is 0 Å². The van der Waals surface area contributed by atoms with Gasteiger partial charge in [0.2, 0.25) is 0 Å². The third-order valence-electron chi connectivity index (χ3n) is 10.6. The molecule has 53 heavy (non-hydrogen) atoms.